The molecule has 0 bridgehead atoms. The Hall–Kier alpha value is -0.570. The number of carbonyl (C=O) groups excluding carboxylic acids is 1. The largest absolute Gasteiger partial charge is 0.343 e. The molecule has 3 nitrogen and oxygen atoms in total. The van der Waals surface area contributed by atoms with Crippen LogP contribution in [0.5, 0.6) is 0 Å². The first-order chi connectivity index (χ1) is 9.69. The van der Waals surface area contributed by atoms with E-state index in [9.17, 15) is 4.79 Å². The van der Waals surface area contributed by atoms with Gasteiger partial charge in [-0.05, 0) is 69.9 Å². The van der Waals surface area contributed by atoms with Crippen LogP contribution in [-0.4, -0.2) is 47.9 Å². The minimum Gasteiger partial charge on any atom is -0.343 e. The second-order valence-electron chi connectivity index (χ2n) is 7.33. The second-order valence-corrected chi connectivity index (χ2v) is 7.33. The highest BCUT2D eigenvalue weighted by molar-refractivity contribution is 5.73. The van der Waals surface area contributed by atoms with Gasteiger partial charge in [0.25, 0.3) is 0 Å². The zero-order chi connectivity index (χ0) is 14.0. The topological polar surface area (TPSA) is 23.6 Å². The molecule has 2 heterocycles. The Morgan fingerprint density at radius 1 is 0.900 bits per heavy atom. The first-order valence-electron chi connectivity index (χ1n) is 8.68. The Morgan fingerprint density at radius 2 is 1.50 bits per heavy atom. The number of likely N-dealkylation sites (tertiary alicyclic amines) is 2. The molecule has 0 unspecified atom stereocenters. The van der Waals surface area contributed by atoms with Crippen molar-refractivity contribution in [3.8, 4) is 0 Å². The zero-order valence-corrected chi connectivity index (χ0v) is 13.1. The van der Waals surface area contributed by atoms with Crippen LogP contribution in [0.25, 0.3) is 0 Å². The van der Waals surface area contributed by atoms with Crippen LogP contribution in [0.3, 0.4) is 0 Å². The molecule has 1 spiro atoms. The lowest BCUT2D eigenvalue weighted by atomic mass is 9.66. The van der Waals surface area contributed by atoms with E-state index in [1.165, 1.54) is 70.9 Å². The van der Waals surface area contributed by atoms with E-state index in [-0.39, 0.29) is 5.91 Å². The number of piperidine rings is 2. The Kier molecular flexibility index (Phi) is 4.34. The van der Waals surface area contributed by atoms with Crippen molar-refractivity contribution in [3.05, 3.63) is 0 Å². The molecule has 0 aromatic heterocycles. The van der Waals surface area contributed by atoms with E-state index in [1.54, 1.807) is 6.92 Å². The summed E-state index contributed by atoms with van der Waals surface area (Å²) in [5, 5.41) is 0. The number of nitrogens with zero attached hydrogens (tertiary/aromatic N) is 2. The highest BCUT2D eigenvalue weighted by Gasteiger charge is 2.39. The summed E-state index contributed by atoms with van der Waals surface area (Å²) in [5.74, 6) is 0.266. The standard InChI is InChI=1S/C17H30N2O/c1-15(20)18-13-9-17(10-14-18)7-5-16(6-8-17)19-11-3-2-4-12-19/h16H,2-14H2,1H3. The Morgan fingerprint density at radius 3 is 2.05 bits per heavy atom. The average molecular weight is 278 g/mol. The van der Waals surface area contributed by atoms with Crippen molar-refractivity contribution in [1.82, 2.24) is 9.80 Å². The van der Waals surface area contributed by atoms with Gasteiger partial charge in [0.15, 0.2) is 0 Å². The van der Waals surface area contributed by atoms with Crippen LogP contribution in [0.4, 0.5) is 0 Å². The van der Waals surface area contributed by atoms with E-state index in [2.05, 4.69) is 4.90 Å². The maximum Gasteiger partial charge on any atom is 0.219 e. The molecule has 2 saturated heterocycles. The van der Waals surface area contributed by atoms with Crippen LogP contribution < -0.4 is 0 Å². The van der Waals surface area contributed by atoms with E-state index in [4.69, 9.17) is 0 Å². The molecule has 3 aliphatic rings. The average Bonchev–Trinajstić information content (AvgIpc) is 2.49. The maximum absolute atomic E-state index is 11.4. The number of rotatable bonds is 1. The first kappa shape index (κ1) is 14.4. The van der Waals surface area contributed by atoms with Gasteiger partial charge in [-0.15, -0.1) is 0 Å². The molecule has 0 aromatic carbocycles. The van der Waals surface area contributed by atoms with Gasteiger partial charge < -0.3 is 9.80 Å². The van der Waals surface area contributed by atoms with Gasteiger partial charge in [0.05, 0.1) is 0 Å². The summed E-state index contributed by atoms with van der Waals surface area (Å²) in [4.78, 5) is 16.3. The molecule has 114 valence electrons. The van der Waals surface area contributed by atoms with Gasteiger partial charge >= 0.3 is 0 Å². The second kappa shape index (κ2) is 6.05. The van der Waals surface area contributed by atoms with Gasteiger partial charge in [-0.2, -0.15) is 0 Å². The lowest BCUT2D eigenvalue weighted by Gasteiger charge is -2.48. The van der Waals surface area contributed by atoms with Crippen LogP contribution >= 0.6 is 0 Å². The summed E-state index contributed by atoms with van der Waals surface area (Å²) in [6.07, 6.45) is 12.4. The number of amides is 1. The molecular weight excluding hydrogens is 248 g/mol. The van der Waals surface area contributed by atoms with Gasteiger partial charge in [-0.25, -0.2) is 0 Å². The quantitative estimate of drug-likeness (QED) is 0.736. The smallest absolute Gasteiger partial charge is 0.219 e. The Bertz CT molecular complexity index is 331. The van der Waals surface area contributed by atoms with Crippen molar-refractivity contribution in [2.75, 3.05) is 26.2 Å². The predicted molar refractivity (Wildman–Crippen MR) is 81.6 cm³/mol. The van der Waals surface area contributed by atoms with Crippen LogP contribution in [0.15, 0.2) is 0 Å². The van der Waals surface area contributed by atoms with Crippen molar-refractivity contribution in [3.63, 3.8) is 0 Å². The van der Waals surface area contributed by atoms with Crippen LogP contribution in [0.1, 0.15) is 64.7 Å². The maximum atomic E-state index is 11.4. The van der Waals surface area contributed by atoms with Crippen molar-refractivity contribution < 1.29 is 4.79 Å². The summed E-state index contributed by atoms with van der Waals surface area (Å²) < 4.78 is 0. The van der Waals surface area contributed by atoms with Gasteiger partial charge in [0, 0.05) is 26.1 Å². The molecule has 3 fully saturated rings. The molecule has 3 heteroatoms. The van der Waals surface area contributed by atoms with Crippen LogP contribution in [0, 0.1) is 5.41 Å². The summed E-state index contributed by atoms with van der Waals surface area (Å²) in [6, 6.07) is 0.867. The highest BCUT2D eigenvalue weighted by Crippen LogP contribution is 2.45. The molecule has 0 N–H and O–H groups in total. The van der Waals surface area contributed by atoms with E-state index in [0.717, 1.165) is 19.1 Å². The summed E-state index contributed by atoms with van der Waals surface area (Å²) in [5.41, 5.74) is 0.582. The Labute approximate surface area is 123 Å². The number of carbonyl (C=O) groups is 1. The molecule has 1 aliphatic carbocycles. The fourth-order valence-corrected chi connectivity index (χ4v) is 4.66. The third-order valence-electron chi connectivity index (χ3n) is 6.19. The fraction of sp³-hybridized carbons (Fsp3) is 0.941. The monoisotopic (exact) mass is 278 g/mol. The summed E-state index contributed by atoms with van der Waals surface area (Å²) in [7, 11) is 0. The van der Waals surface area contributed by atoms with Crippen LogP contribution in [-0.2, 0) is 4.79 Å². The van der Waals surface area contributed by atoms with Gasteiger partial charge in [0.1, 0.15) is 0 Å². The summed E-state index contributed by atoms with van der Waals surface area (Å²) in [6.45, 7) is 6.41. The van der Waals surface area contributed by atoms with Crippen molar-refractivity contribution in [2.45, 2.75) is 70.8 Å². The Balaban J connectivity index is 1.49. The van der Waals surface area contributed by atoms with Crippen molar-refractivity contribution >= 4 is 5.91 Å². The molecule has 2 aliphatic heterocycles. The molecule has 0 atom stereocenters. The van der Waals surface area contributed by atoms with Gasteiger partial charge in [-0.1, -0.05) is 6.42 Å². The molecule has 1 amide bonds. The molecule has 1 saturated carbocycles. The minimum atomic E-state index is 0.266. The fourth-order valence-electron chi connectivity index (χ4n) is 4.66. The van der Waals surface area contributed by atoms with Gasteiger partial charge in [0.2, 0.25) is 5.91 Å². The van der Waals surface area contributed by atoms with E-state index in [0.29, 0.717) is 5.41 Å². The molecular formula is C17H30N2O. The molecule has 3 rings (SSSR count). The zero-order valence-electron chi connectivity index (χ0n) is 13.1. The van der Waals surface area contributed by atoms with Crippen molar-refractivity contribution in [2.24, 2.45) is 5.41 Å². The summed E-state index contributed by atoms with van der Waals surface area (Å²) >= 11 is 0. The van der Waals surface area contributed by atoms with E-state index < -0.39 is 0 Å². The third kappa shape index (κ3) is 3.03. The predicted octanol–water partition coefficient (Wildman–Crippen LogP) is 3.04. The number of hydrogen-bond acceptors (Lipinski definition) is 2. The molecule has 0 aromatic rings. The number of hydrogen-bond donors (Lipinski definition) is 0. The molecule has 0 radical (unpaired) electrons. The molecule has 20 heavy (non-hydrogen) atoms. The van der Waals surface area contributed by atoms with E-state index in [1.807, 2.05) is 4.90 Å². The normalized spacial score (nSPS) is 28.8. The van der Waals surface area contributed by atoms with Crippen molar-refractivity contribution in [1.29, 1.82) is 0 Å². The lowest BCUT2D eigenvalue weighted by molar-refractivity contribution is -0.131. The first-order valence-corrected chi connectivity index (χ1v) is 8.68. The van der Waals surface area contributed by atoms with E-state index >= 15 is 0 Å². The SMILES string of the molecule is CC(=O)N1CCC2(CCC(N3CCCCC3)CC2)CC1. The van der Waals surface area contributed by atoms with Gasteiger partial charge in [-0.3, -0.25) is 4.79 Å². The minimum absolute atomic E-state index is 0.266. The van der Waals surface area contributed by atoms with Crippen LogP contribution in [0.2, 0.25) is 0 Å². The third-order valence-corrected chi connectivity index (χ3v) is 6.19. The highest BCUT2D eigenvalue weighted by atomic mass is 16.2. The lowest BCUT2D eigenvalue weighted by Crippen LogP contribution is -2.47.